The molecule has 1 saturated carbocycles. The maximum absolute atomic E-state index is 10.1. The van der Waals surface area contributed by atoms with E-state index in [1.165, 1.54) is 18.4 Å². The van der Waals surface area contributed by atoms with Gasteiger partial charge in [-0.1, -0.05) is 0 Å². The van der Waals surface area contributed by atoms with Gasteiger partial charge in [0, 0.05) is 6.20 Å². The third-order valence-corrected chi connectivity index (χ3v) is 2.30. The molecule has 1 aliphatic carbocycles. The molecule has 0 unspecified atom stereocenters. The van der Waals surface area contributed by atoms with Crippen LogP contribution in [0.15, 0.2) is 17.3 Å². The van der Waals surface area contributed by atoms with Gasteiger partial charge in [0.05, 0.1) is 11.4 Å². The fraction of sp³-hybridized carbons (Fsp3) is 0.400. The Morgan fingerprint density at radius 1 is 1.62 bits per heavy atom. The molecule has 1 fully saturated rings. The Bertz CT molecular complexity index is 377. The standard InChI is InChI=1S/C10H10N2O/c1-7-10(12-6-13)4-9(5-11-7)8-2-3-8/h4-5,8H,2-3H2,1H3. The highest BCUT2D eigenvalue weighted by atomic mass is 16.1. The molecule has 0 aromatic carbocycles. The second-order valence-corrected chi connectivity index (χ2v) is 3.35. The van der Waals surface area contributed by atoms with Crippen molar-refractivity contribution in [1.82, 2.24) is 4.98 Å². The van der Waals surface area contributed by atoms with Crippen molar-refractivity contribution in [2.24, 2.45) is 4.99 Å². The maximum Gasteiger partial charge on any atom is 0.240 e. The number of carbonyl (C=O) groups excluding carboxylic acids is 1. The molecule has 2 rings (SSSR count). The number of nitrogens with zero attached hydrogens (tertiary/aromatic N) is 2. The summed E-state index contributed by atoms with van der Waals surface area (Å²) in [6.07, 6.45) is 5.88. The van der Waals surface area contributed by atoms with Crippen LogP contribution in [0.25, 0.3) is 0 Å². The van der Waals surface area contributed by atoms with E-state index in [4.69, 9.17) is 0 Å². The van der Waals surface area contributed by atoms with Gasteiger partial charge >= 0.3 is 0 Å². The molecule has 0 N–H and O–H groups in total. The highest BCUT2D eigenvalue weighted by Gasteiger charge is 2.24. The number of pyridine rings is 1. The first-order valence-corrected chi connectivity index (χ1v) is 4.35. The zero-order chi connectivity index (χ0) is 9.26. The SMILES string of the molecule is Cc1ncc(C2CC2)cc1N=C=O. The summed E-state index contributed by atoms with van der Waals surface area (Å²) >= 11 is 0. The zero-order valence-corrected chi connectivity index (χ0v) is 7.45. The monoisotopic (exact) mass is 174 g/mol. The number of hydrogen-bond donors (Lipinski definition) is 0. The average Bonchev–Trinajstić information content (AvgIpc) is 2.92. The minimum absolute atomic E-state index is 0.647. The molecule has 0 amide bonds. The van der Waals surface area contributed by atoms with Gasteiger partial charge in [-0.2, -0.15) is 4.99 Å². The van der Waals surface area contributed by atoms with Gasteiger partial charge < -0.3 is 0 Å². The van der Waals surface area contributed by atoms with Crippen LogP contribution in [0.2, 0.25) is 0 Å². The largest absolute Gasteiger partial charge is 0.259 e. The van der Waals surface area contributed by atoms with E-state index < -0.39 is 0 Å². The van der Waals surface area contributed by atoms with E-state index in [2.05, 4.69) is 9.98 Å². The topological polar surface area (TPSA) is 42.3 Å². The molecule has 1 heterocycles. The summed E-state index contributed by atoms with van der Waals surface area (Å²) in [6.45, 7) is 1.84. The zero-order valence-electron chi connectivity index (χ0n) is 7.45. The van der Waals surface area contributed by atoms with E-state index in [0.29, 0.717) is 11.6 Å². The maximum atomic E-state index is 10.1. The van der Waals surface area contributed by atoms with Crippen molar-refractivity contribution in [3.8, 4) is 0 Å². The third-order valence-electron chi connectivity index (χ3n) is 2.30. The minimum atomic E-state index is 0.647. The molecule has 66 valence electrons. The van der Waals surface area contributed by atoms with Crippen molar-refractivity contribution < 1.29 is 4.79 Å². The number of aryl methyl sites for hydroxylation is 1. The van der Waals surface area contributed by atoms with Gasteiger partial charge in [-0.05, 0) is 37.3 Å². The van der Waals surface area contributed by atoms with Gasteiger partial charge in [0.2, 0.25) is 6.08 Å². The van der Waals surface area contributed by atoms with Gasteiger partial charge in [-0.15, -0.1) is 0 Å². The Hall–Kier alpha value is -1.47. The molecular formula is C10H10N2O. The summed E-state index contributed by atoms with van der Waals surface area (Å²) in [5.41, 5.74) is 2.63. The normalized spacial score (nSPS) is 15.2. The first kappa shape index (κ1) is 8.14. The van der Waals surface area contributed by atoms with Gasteiger partial charge in [0.15, 0.2) is 0 Å². The second-order valence-electron chi connectivity index (χ2n) is 3.35. The summed E-state index contributed by atoms with van der Waals surface area (Å²) in [4.78, 5) is 17.9. The van der Waals surface area contributed by atoms with Gasteiger partial charge in [0.25, 0.3) is 0 Å². The molecule has 0 atom stereocenters. The predicted molar refractivity (Wildman–Crippen MR) is 48.7 cm³/mol. The summed E-state index contributed by atoms with van der Waals surface area (Å²) in [5, 5.41) is 0. The Morgan fingerprint density at radius 3 is 3.00 bits per heavy atom. The Balaban J connectivity index is 2.41. The van der Waals surface area contributed by atoms with Gasteiger partial charge in [-0.3, -0.25) is 4.98 Å². The van der Waals surface area contributed by atoms with Crippen molar-refractivity contribution in [3.63, 3.8) is 0 Å². The summed E-state index contributed by atoms with van der Waals surface area (Å²) in [5.74, 6) is 0.647. The Kier molecular flexibility index (Phi) is 1.95. The Labute approximate surface area is 76.5 Å². The smallest absolute Gasteiger partial charge is 0.240 e. The minimum Gasteiger partial charge on any atom is -0.259 e. The van der Waals surface area contributed by atoms with Crippen molar-refractivity contribution in [3.05, 3.63) is 23.5 Å². The van der Waals surface area contributed by atoms with Crippen LogP contribution in [0.4, 0.5) is 5.69 Å². The van der Waals surface area contributed by atoms with Crippen LogP contribution >= 0.6 is 0 Å². The van der Waals surface area contributed by atoms with Crippen LogP contribution in [-0.2, 0) is 4.79 Å². The van der Waals surface area contributed by atoms with E-state index in [0.717, 1.165) is 5.69 Å². The highest BCUT2D eigenvalue weighted by Crippen LogP contribution is 2.40. The molecule has 0 radical (unpaired) electrons. The molecule has 0 aliphatic heterocycles. The molecule has 1 aromatic rings. The summed E-state index contributed by atoms with van der Waals surface area (Å²) in [7, 11) is 0. The molecule has 0 spiro atoms. The molecule has 0 bridgehead atoms. The van der Waals surface area contributed by atoms with E-state index in [9.17, 15) is 4.79 Å². The predicted octanol–water partition coefficient (Wildman–Crippen LogP) is 2.23. The van der Waals surface area contributed by atoms with Gasteiger partial charge in [-0.25, -0.2) is 4.79 Å². The molecule has 13 heavy (non-hydrogen) atoms. The van der Waals surface area contributed by atoms with E-state index in [1.807, 2.05) is 19.2 Å². The fourth-order valence-electron chi connectivity index (χ4n) is 1.34. The van der Waals surface area contributed by atoms with Crippen LogP contribution in [0.1, 0.15) is 30.0 Å². The Morgan fingerprint density at radius 2 is 2.38 bits per heavy atom. The number of isocyanates is 1. The number of rotatable bonds is 2. The van der Waals surface area contributed by atoms with Crippen LogP contribution < -0.4 is 0 Å². The lowest BCUT2D eigenvalue weighted by Gasteiger charge is -2.00. The molecule has 0 saturated heterocycles. The van der Waals surface area contributed by atoms with E-state index in [1.54, 1.807) is 6.08 Å². The highest BCUT2D eigenvalue weighted by molar-refractivity contribution is 5.52. The number of aromatic nitrogens is 1. The van der Waals surface area contributed by atoms with E-state index >= 15 is 0 Å². The van der Waals surface area contributed by atoms with E-state index in [-0.39, 0.29) is 0 Å². The lowest BCUT2D eigenvalue weighted by Crippen LogP contribution is -1.86. The molecule has 3 nitrogen and oxygen atoms in total. The number of hydrogen-bond acceptors (Lipinski definition) is 3. The quantitative estimate of drug-likeness (QED) is 0.509. The first-order chi connectivity index (χ1) is 6.31. The molecule has 1 aromatic heterocycles. The van der Waals surface area contributed by atoms with Crippen LogP contribution in [0.5, 0.6) is 0 Å². The van der Waals surface area contributed by atoms with Crippen LogP contribution in [-0.4, -0.2) is 11.1 Å². The van der Waals surface area contributed by atoms with Crippen molar-refractivity contribution in [2.45, 2.75) is 25.7 Å². The fourth-order valence-corrected chi connectivity index (χ4v) is 1.34. The third kappa shape index (κ3) is 1.65. The summed E-state index contributed by atoms with van der Waals surface area (Å²) in [6, 6.07) is 1.94. The molecule has 1 aliphatic rings. The lowest BCUT2D eigenvalue weighted by molar-refractivity contribution is 0.565. The summed E-state index contributed by atoms with van der Waals surface area (Å²) < 4.78 is 0. The van der Waals surface area contributed by atoms with Crippen molar-refractivity contribution >= 4 is 11.8 Å². The average molecular weight is 174 g/mol. The molecule has 3 heteroatoms. The van der Waals surface area contributed by atoms with Crippen LogP contribution in [0, 0.1) is 6.92 Å². The van der Waals surface area contributed by atoms with Crippen molar-refractivity contribution in [2.75, 3.05) is 0 Å². The van der Waals surface area contributed by atoms with Gasteiger partial charge in [0.1, 0.15) is 0 Å². The second kappa shape index (κ2) is 3.11. The number of aliphatic imine (C=N–C) groups is 1. The van der Waals surface area contributed by atoms with Crippen molar-refractivity contribution in [1.29, 1.82) is 0 Å². The first-order valence-electron chi connectivity index (χ1n) is 4.35. The van der Waals surface area contributed by atoms with Crippen LogP contribution in [0.3, 0.4) is 0 Å². The lowest BCUT2D eigenvalue weighted by atomic mass is 10.1. The molecular weight excluding hydrogens is 164 g/mol.